The van der Waals surface area contributed by atoms with Gasteiger partial charge in [-0.15, -0.1) is 0 Å². The Bertz CT molecular complexity index is 923. The van der Waals surface area contributed by atoms with E-state index in [1.165, 1.54) is 7.11 Å². The molecule has 0 radical (unpaired) electrons. The SMILES string of the molecule is COC(=O)c1c2cc(Br)ccc2nc2cc(OC)cc(OC)c12. The largest absolute Gasteiger partial charge is 0.497 e. The van der Waals surface area contributed by atoms with Crippen LogP contribution in [0.2, 0.25) is 0 Å². The number of carbonyl (C=O) groups is 1. The monoisotopic (exact) mass is 375 g/mol. The molecule has 0 aliphatic heterocycles. The van der Waals surface area contributed by atoms with Gasteiger partial charge in [-0.05, 0) is 18.2 Å². The molecule has 6 heteroatoms. The fraction of sp³-hybridized carbons (Fsp3) is 0.176. The molecule has 0 saturated carbocycles. The normalized spacial score (nSPS) is 10.8. The Morgan fingerprint density at radius 1 is 1.04 bits per heavy atom. The van der Waals surface area contributed by atoms with E-state index in [4.69, 9.17) is 14.2 Å². The lowest BCUT2D eigenvalue weighted by Crippen LogP contribution is -2.06. The summed E-state index contributed by atoms with van der Waals surface area (Å²) in [6, 6.07) is 9.06. The molecule has 0 amide bonds. The van der Waals surface area contributed by atoms with Crippen LogP contribution in [-0.2, 0) is 4.74 Å². The van der Waals surface area contributed by atoms with Crippen LogP contribution in [-0.4, -0.2) is 32.3 Å². The summed E-state index contributed by atoms with van der Waals surface area (Å²) in [6.07, 6.45) is 0. The third-order valence-electron chi connectivity index (χ3n) is 3.62. The van der Waals surface area contributed by atoms with E-state index in [9.17, 15) is 4.79 Å². The Morgan fingerprint density at radius 2 is 1.83 bits per heavy atom. The molecule has 0 saturated heterocycles. The zero-order chi connectivity index (χ0) is 16.6. The van der Waals surface area contributed by atoms with Gasteiger partial charge in [-0.3, -0.25) is 0 Å². The smallest absolute Gasteiger partial charge is 0.339 e. The molecule has 1 heterocycles. The van der Waals surface area contributed by atoms with Crippen LogP contribution >= 0.6 is 15.9 Å². The minimum atomic E-state index is -0.441. The Hall–Kier alpha value is -2.34. The van der Waals surface area contributed by atoms with Crippen molar-refractivity contribution < 1.29 is 19.0 Å². The van der Waals surface area contributed by atoms with Crippen LogP contribution in [0.3, 0.4) is 0 Å². The predicted molar refractivity (Wildman–Crippen MR) is 91.4 cm³/mol. The van der Waals surface area contributed by atoms with Gasteiger partial charge in [0.1, 0.15) is 11.5 Å². The van der Waals surface area contributed by atoms with Crippen LogP contribution in [0.1, 0.15) is 10.4 Å². The summed E-state index contributed by atoms with van der Waals surface area (Å²) < 4.78 is 16.6. The van der Waals surface area contributed by atoms with Gasteiger partial charge in [0.15, 0.2) is 0 Å². The Morgan fingerprint density at radius 3 is 2.48 bits per heavy atom. The van der Waals surface area contributed by atoms with Crippen molar-refractivity contribution in [1.29, 1.82) is 0 Å². The second-order valence-corrected chi connectivity index (χ2v) is 5.78. The summed E-state index contributed by atoms with van der Waals surface area (Å²) in [7, 11) is 4.47. The number of hydrogen-bond acceptors (Lipinski definition) is 5. The van der Waals surface area contributed by atoms with Crippen molar-refractivity contribution in [3.63, 3.8) is 0 Å². The summed E-state index contributed by atoms with van der Waals surface area (Å²) >= 11 is 3.43. The summed E-state index contributed by atoms with van der Waals surface area (Å²) in [5.74, 6) is 0.673. The summed E-state index contributed by atoms with van der Waals surface area (Å²) in [5, 5.41) is 1.30. The molecule has 0 aliphatic carbocycles. The molecular weight excluding hydrogens is 362 g/mol. The number of methoxy groups -OCH3 is 3. The fourth-order valence-electron chi connectivity index (χ4n) is 2.58. The zero-order valence-corrected chi connectivity index (χ0v) is 14.4. The second kappa shape index (κ2) is 6.04. The van der Waals surface area contributed by atoms with Gasteiger partial charge in [-0.1, -0.05) is 15.9 Å². The molecule has 0 N–H and O–H groups in total. The van der Waals surface area contributed by atoms with Crippen molar-refractivity contribution >= 4 is 43.7 Å². The second-order valence-electron chi connectivity index (χ2n) is 4.86. The highest BCUT2D eigenvalue weighted by atomic mass is 79.9. The minimum Gasteiger partial charge on any atom is -0.497 e. The van der Waals surface area contributed by atoms with Crippen LogP contribution in [0, 0.1) is 0 Å². The van der Waals surface area contributed by atoms with Gasteiger partial charge < -0.3 is 14.2 Å². The molecule has 0 fully saturated rings. The number of rotatable bonds is 3. The lowest BCUT2D eigenvalue weighted by molar-refractivity contribution is 0.0605. The number of nitrogens with zero attached hydrogens (tertiary/aromatic N) is 1. The van der Waals surface area contributed by atoms with Gasteiger partial charge in [0.25, 0.3) is 0 Å². The summed E-state index contributed by atoms with van der Waals surface area (Å²) in [4.78, 5) is 17.0. The molecule has 3 aromatic rings. The molecule has 0 aliphatic rings. The van der Waals surface area contributed by atoms with Gasteiger partial charge in [-0.25, -0.2) is 9.78 Å². The first-order valence-electron chi connectivity index (χ1n) is 6.82. The molecule has 118 valence electrons. The highest BCUT2D eigenvalue weighted by molar-refractivity contribution is 9.10. The standard InChI is InChI=1S/C17H14BrNO4/c1-21-10-7-13-16(14(8-10)22-2)15(17(20)23-3)11-6-9(18)4-5-12(11)19-13/h4-8H,1-3H3. The topological polar surface area (TPSA) is 57.7 Å². The van der Waals surface area contributed by atoms with Crippen LogP contribution in [0.15, 0.2) is 34.8 Å². The maximum absolute atomic E-state index is 12.4. The van der Waals surface area contributed by atoms with Gasteiger partial charge in [0.2, 0.25) is 0 Å². The summed E-state index contributed by atoms with van der Waals surface area (Å²) in [6.45, 7) is 0. The van der Waals surface area contributed by atoms with Crippen molar-refractivity contribution in [2.24, 2.45) is 0 Å². The number of esters is 1. The van der Waals surface area contributed by atoms with Crippen molar-refractivity contribution in [2.75, 3.05) is 21.3 Å². The van der Waals surface area contributed by atoms with Crippen molar-refractivity contribution in [3.8, 4) is 11.5 Å². The van der Waals surface area contributed by atoms with Crippen LogP contribution in [0.5, 0.6) is 11.5 Å². The first-order valence-corrected chi connectivity index (χ1v) is 7.61. The van der Waals surface area contributed by atoms with E-state index < -0.39 is 5.97 Å². The molecule has 0 atom stereocenters. The number of fused-ring (bicyclic) bond motifs is 2. The van der Waals surface area contributed by atoms with Crippen LogP contribution < -0.4 is 9.47 Å². The number of hydrogen-bond donors (Lipinski definition) is 0. The maximum atomic E-state index is 12.4. The third-order valence-corrected chi connectivity index (χ3v) is 4.11. The number of benzene rings is 2. The predicted octanol–water partition coefficient (Wildman–Crippen LogP) is 3.95. The van der Waals surface area contributed by atoms with E-state index in [0.29, 0.717) is 38.9 Å². The van der Waals surface area contributed by atoms with E-state index >= 15 is 0 Å². The van der Waals surface area contributed by atoms with Crippen molar-refractivity contribution in [2.45, 2.75) is 0 Å². The van der Waals surface area contributed by atoms with Crippen LogP contribution in [0.4, 0.5) is 0 Å². The third kappa shape index (κ3) is 2.59. The molecule has 23 heavy (non-hydrogen) atoms. The van der Waals surface area contributed by atoms with Crippen molar-refractivity contribution in [3.05, 3.63) is 40.4 Å². The number of halogens is 1. The van der Waals surface area contributed by atoms with Gasteiger partial charge in [0, 0.05) is 22.0 Å². The molecule has 0 bridgehead atoms. The average Bonchev–Trinajstić information content (AvgIpc) is 2.58. The lowest BCUT2D eigenvalue weighted by Gasteiger charge is -2.14. The average molecular weight is 376 g/mol. The maximum Gasteiger partial charge on any atom is 0.339 e. The van der Waals surface area contributed by atoms with Gasteiger partial charge in [0.05, 0.1) is 43.3 Å². The molecular formula is C17H14BrNO4. The first-order chi connectivity index (χ1) is 11.1. The summed E-state index contributed by atoms with van der Waals surface area (Å²) in [5.41, 5.74) is 1.72. The lowest BCUT2D eigenvalue weighted by atomic mass is 10.0. The molecule has 5 nitrogen and oxygen atoms in total. The van der Waals surface area contributed by atoms with Crippen molar-refractivity contribution in [1.82, 2.24) is 4.98 Å². The number of carbonyl (C=O) groups excluding carboxylic acids is 1. The minimum absolute atomic E-state index is 0.424. The van der Waals surface area contributed by atoms with E-state index in [-0.39, 0.29) is 0 Å². The highest BCUT2D eigenvalue weighted by Gasteiger charge is 2.21. The van der Waals surface area contributed by atoms with E-state index in [2.05, 4.69) is 20.9 Å². The first kappa shape index (κ1) is 15.6. The number of aromatic nitrogens is 1. The fourth-order valence-corrected chi connectivity index (χ4v) is 2.94. The quantitative estimate of drug-likeness (QED) is 0.512. The molecule has 3 rings (SSSR count). The molecule has 0 unspecified atom stereocenters. The molecule has 2 aromatic carbocycles. The number of ether oxygens (including phenoxy) is 3. The van der Waals surface area contributed by atoms with Gasteiger partial charge >= 0.3 is 5.97 Å². The van der Waals surface area contributed by atoms with E-state index in [1.54, 1.807) is 26.4 Å². The number of pyridine rings is 1. The molecule has 1 aromatic heterocycles. The van der Waals surface area contributed by atoms with Crippen LogP contribution in [0.25, 0.3) is 21.8 Å². The Balaban J connectivity index is 2.55. The highest BCUT2D eigenvalue weighted by Crippen LogP contribution is 2.37. The van der Waals surface area contributed by atoms with E-state index in [1.807, 2.05) is 18.2 Å². The van der Waals surface area contributed by atoms with E-state index in [0.717, 1.165) is 4.47 Å². The molecule has 0 spiro atoms. The Kier molecular flexibility index (Phi) is 4.09. The zero-order valence-electron chi connectivity index (χ0n) is 12.8. The Labute approximate surface area is 141 Å². The van der Waals surface area contributed by atoms with Gasteiger partial charge in [-0.2, -0.15) is 0 Å².